The van der Waals surface area contributed by atoms with Crippen molar-refractivity contribution in [3.8, 4) is 5.75 Å². The summed E-state index contributed by atoms with van der Waals surface area (Å²) in [4.78, 5) is 4.43. The third kappa shape index (κ3) is 6.31. The van der Waals surface area contributed by atoms with Crippen molar-refractivity contribution in [3.63, 3.8) is 0 Å². The molecule has 0 spiro atoms. The first-order valence-electron chi connectivity index (χ1n) is 14.8. The van der Waals surface area contributed by atoms with Crippen LogP contribution in [0, 0.1) is 11.8 Å². The zero-order chi connectivity index (χ0) is 32.0. The molecule has 0 radical (unpaired) electrons. The van der Waals surface area contributed by atoms with Crippen LogP contribution < -0.4 is 5.11 Å². The van der Waals surface area contributed by atoms with Crippen molar-refractivity contribution < 1.29 is 40.7 Å². The number of aromatic nitrogens is 1. The van der Waals surface area contributed by atoms with Crippen LogP contribution in [0.25, 0.3) is 10.9 Å². The van der Waals surface area contributed by atoms with Gasteiger partial charge in [0.1, 0.15) is 18.7 Å². The first-order chi connectivity index (χ1) is 21.4. The molecule has 0 saturated carbocycles. The molecule has 3 fully saturated rings. The lowest BCUT2D eigenvalue weighted by molar-refractivity contribution is -0.985. The molecule has 10 heteroatoms. The van der Waals surface area contributed by atoms with Crippen LogP contribution in [0.4, 0.5) is 26.3 Å². The van der Waals surface area contributed by atoms with Gasteiger partial charge in [0, 0.05) is 35.9 Å². The third-order valence-corrected chi connectivity index (χ3v) is 9.50. The van der Waals surface area contributed by atoms with Gasteiger partial charge in [-0.3, -0.25) is 4.98 Å². The smallest absolute Gasteiger partial charge is 0.416 e. The molecule has 1 aromatic heterocycles. The highest BCUT2D eigenvalue weighted by atomic mass is 19.4. The number of nitrogens with zero attached hydrogens (tertiary/aromatic N) is 2. The summed E-state index contributed by atoms with van der Waals surface area (Å²) in [6, 6.07) is 17.4. The number of alkyl halides is 6. The van der Waals surface area contributed by atoms with Crippen LogP contribution in [-0.4, -0.2) is 28.6 Å². The number of hydrogen-bond acceptors (Lipinski definition) is 3. The van der Waals surface area contributed by atoms with E-state index in [0.29, 0.717) is 30.4 Å². The lowest BCUT2D eigenvalue weighted by Crippen LogP contribution is -2.67. The molecule has 236 valence electrons. The summed E-state index contributed by atoms with van der Waals surface area (Å²) in [6.07, 6.45) is -5.64. The number of pyridine rings is 1. The Bertz CT molecular complexity index is 1660. The molecule has 45 heavy (non-hydrogen) atoms. The molecular formula is C35H32F6N2O2. The van der Waals surface area contributed by atoms with E-state index in [0.717, 1.165) is 29.7 Å². The maximum atomic E-state index is 13.8. The number of hydrogen-bond donors (Lipinski definition) is 0. The summed E-state index contributed by atoms with van der Waals surface area (Å²) < 4.78 is 90.0. The fourth-order valence-corrected chi connectivity index (χ4v) is 7.40. The number of rotatable bonds is 8. The average Bonchev–Trinajstić information content (AvgIpc) is 3.01. The van der Waals surface area contributed by atoms with Gasteiger partial charge >= 0.3 is 12.4 Å². The van der Waals surface area contributed by atoms with Crippen LogP contribution in [0.5, 0.6) is 5.75 Å². The predicted octanol–water partition coefficient (Wildman–Crippen LogP) is 8.22. The van der Waals surface area contributed by atoms with E-state index in [2.05, 4.69) is 11.6 Å². The van der Waals surface area contributed by atoms with Crippen molar-refractivity contribution in [1.29, 1.82) is 0 Å². The van der Waals surface area contributed by atoms with Crippen molar-refractivity contribution in [2.24, 2.45) is 11.8 Å². The Morgan fingerprint density at radius 3 is 2.31 bits per heavy atom. The molecule has 7 rings (SSSR count). The first kappa shape index (κ1) is 31.1. The number of fused-ring (bicyclic) bond motifs is 4. The molecule has 3 aromatic carbocycles. The highest BCUT2D eigenvalue weighted by Crippen LogP contribution is 2.50. The fourth-order valence-electron chi connectivity index (χ4n) is 7.40. The molecule has 0 aliphatic carbocycles. The minimum absolute atomic E-state index is 0.0337. The highest BCUT2D eigenvalue weighted by molar-refractivity contribution is 5.83. The van der Waals surface area contributed by atoms with E-state index in [1.165, 1.54) is 12.1 Å². The zero-order valence-corrected chi connectivity index (χ0v) is 24.3. The quantitative estimate of drug-likeness (QED) is 0.113. The van der Waals surface area contributed by atoms with Gasteiger partial charge in [-0.25, -0.2) is 0 Å². The van der Waals surface area contributed by atoms with Crippen LogP contribution in [-0.2, 0) is 30.2 Å². The van der Waals surface area contributed by atoms with E-state index in [9.17, 15) is 31.4 Å². The monoisotopic (exact) mass is 626 g/mol. The second-order valence-corrected chi connectivity index (χ2v) is 12.2. The van der Waals surface area contributed by atoms with Crippen molar-refractivity contribution in [1.82, 2.24) is 4.98 Å². The van der Waals surface area contributed by atoms with Crippen molar-refractivity contribution >= 4 is 10.9 Å². The SMILES string of the molecule is C=C[C@H]1C[N@+]2(Cc3cc(C(F)(F)F)cc(C(F)(F)F)c3)CC[C@H]1C[C@H]2[C@H](OCc1ccccc1)c1ccnc2ccc([O-])cc12. The van der Waals surface area contributed by atoms with Crippen molar-refractivity contribution in [2.45, 2.75) is 50.5 Å². The lowest BCUT2D eigenvalue weighted by atomic mass is 9.71. The molecule has 0 unspecified atom stereocenters. The number of benzene rings is 3. The van der Waals surface area contributed by atoms with E-state index < -0.39 is 29.6 Å². The highest BCUT2D eigenvalue weighted by Gasteiger charge is 2.55. The van der Waals surface area contributed by atoms with E-state index in [1.54, 1.807) is 18.3 Å². The van der Waals surface area contributed by atoms with Gasteiger partial charge in [-0.05, 0) is 47.4 Å². The largest absolute Gasteiger partial charge is 0.872 e. The second-order valence-electron chi connectivity index (χ2n) is 12.2. The topological polar surface area (TPSA) is 45.2 Å². The molecule has 4 nitrogen and oxygen atoms in total. The summed E-state index contributed by atoms with van der Waals surface area (Å²) in [5.41, 5.74) is -0.458. The van der Waals surface area contributed by atoms with Crippen molar-refractivity contribution in [3.05, 3.63) is 119 Å². The Morgan fingerprint density at radius 1 is 0.933 bits per heavy atom. The number of halogens is 6. The van der Waals surface area contributed by atoms with E-state index in [-0.39, 0.29) is 52.9 Å². The maximum absolute atomic E-state index is 13.8. The standard InChI is InChI=1S/C35H32F6N2O2/c1-2-24-20-43(19-23-14-26(34(36,37)38)17-27(15-23)35(39,40)41)13-11-25(24)16-32(43)33(45-21-22-6-4-3-5-7-22)29-10-12-42-31-9-8-28(44)18-30(29)31/h2-10,12,14-15,17-18,24-25,32-33H,1,11,13,16,19-21H2/t24-,25-,32-,33+,43+/m0/s1. The molecule has 4 heterocycles. The molecular weight excluding hydrogens is 594 g/mol. The Kier molecular flexibility index (Phi) is 8.16. The second kappa shape index (κ2) is 11.8. The number of quaternary nitrogens is 1. The summed E-state index contributed by atoms with van der Waals surface area (Å²) in [5, 5.41) is 13.1. The molecule has 3 aliphatic rings. The average molecular weight is 627 g/mol. The van der Waals surface area contributed by atoms with E-state index >= 15 is 0 Å². The Hall–Kier alpha value is -3.89. The minimum atomic E-state index is -4.94. The minimum Gasteiger partial charge on any atom is -0.872 e. The van der Waals surface area contributed by atoms with Gasteiger partial charge in [0.15, 0.2) is 0 Å². The molecule has 0 amide bonds. The van der Waals surface area contributed by atoms with Crippen LogP contribution in [0.15, 0.2) is 91.6 Å². The van der Waals surface area contributed by atoms with Gasteiger partial charge in [0.25, 0.3) is 0 Å². The van der Waals surface area contributed by atoms with Crippen LogP contribution in [0.1, 0.15) is 46.8 Å². The number of piperidine rings is 3. The summed E-state index contributed by atoms with van der Waals surface area (Å²) >= 11 is 0. The van der Waals surface area contributed by atoms with Gasteiger partial charge in [-0.15, -0.1) is 12.3 Å². The van der Waals surface area contributed by atoms with Gasteiger partial charge < -0.3 is 14.3 Å². The molecule has 0 N–H and O–H groups in total. The zero-order valence-electron chi connectivity index (χ0n) is 24.3. The van der Waals surface area contributed by atoms with Gasteiger partial charge in [-0.1, -0.05) is 48.5 Å². The maximum Gasteiger partial charge on any atom is 0.416 e. The van der Waals surface area contributed by atoms with Crippen LogP contribution >= 0.6 is 0 Å². The Morgan fingerprint density at radius 2 is 1.64 bits per heavy atom. The van der Waals surface area contributed by atoms with Crippen LogP contribution in [0.2, 0.25) is 0 Å². The van der Waals surface area contributed by atoms with Crippen LogP contribution in [0.3, 0.4) is 0 Å². The van der Waals surface area contributed by atoms with Gasteiger partial charge in [0.05, 0.1) is 36.3 Å². The first-order valence-corrected chi connectivity index (χ1v) is 14.8. The normalized spacial score (nSPS) is 24.1. The third-order valence-electron chi connectivity index (χ3n) is 9.50. The summed E-state index contributed by atoms with van der Waals surface area (Å²) in [5.74, 6) is 0.0640. The van der Waals surface area contributed by atoms with Crippen molar-refractivity contribution in [2.75, 3.05) is 13.1 Å². The molecule has 2 bridgehead atoms. The Balaban J connectivity index is 1.48. The lowest BCUT2D eigenvalue weighted by Gasteiger charge is -2.58. The molecule has 3 aliphatic heterocycles. The molecule has 4 aromatic rings. The number of ether oxygens (including phenoxy) is 1. The van der Waals surface area contributed by atoms with Gasteiger partial charge in [-0.2, -0.15) is 26.3 Å². The fraction of sp³-hybridized carbons (Fsp3) is 0.343. The molecule has 5 atom stereocenters. The van der Waals surface area contributed by atoms with Gasteiger partial charge in [0.2, 0.25) is 0 Å². The summed E-state index contributed by atoms with van der Waals surface area (Å²) in [6.45, 7) is 5.23. The van der Waals surface area contributed by atoms with E-state index in [4.69, 9.17) is 4.74 Å². The summed E-state index contributed by atoms with van der Waals surface area (Å²) in [7, 11) is 0. The van der Waals surface area contributed by atoms with E-state index in [1.807, 2.05) is 36.4 Å². The Labute approximate surface area is 257 Å². The predicted molar refractivity (Wildman–Crippen MR) is 156 cm³/mol. The molecule has 3 saturated heterocycles.